The first kappa shape index (κ1) is 26.0. The van der Waals surface area contributed by atoms with Gasteiger partial charge in [-0.3, -0.25) is 4.57 Å². The molecule has 49 heavy (non-hydrogen) atoms. The zero-order chi connectivity index (χ0) is 31.8. The lowest BCUT2D eigenvalue weighted by atomic mass is 9.99. The fraction of sp³-hybridized carbons (Fsp3) is 0.0455. The second kappa shape index (κ2) is 9.31. The van der Waals surface area contributed by atoms with E-state index in [1.165, 1.54) is 75.5 Å². The molecule has 0 fully saturated rings. The standard InChI is InChI=1S/C44H26N4S/c1-2-11-26(12-3-1)39-38-33-15-6-9-20-36(33)49-43(38)46-44(45-39)48-35-19-8-5-14-28(35)31-23-21-25-22-24-32-30-17-10-16-29-27-13-4-7-18-34(27)47(40(29)30)41(32)37(25)42(31)48/h1-5,7-14,16-24H,6,15H2. The number of hydrogen-bond acceptors (Lipinski definition) is 3. The Morgan fingerprint density at radius 3 is 2.06 bits per heavy atom. The van der Waals surface area contributed by atoms with Crippen LogP contribution in [0.1, 0.15) is 16.9 Å². The molecule has 4 nitrogen and oxygen atoms in total. The zero-order valence-corrected chi connectivity index (χ0v) is 27.1. The van der Waals surface area contributed by atoms with Gasteiger partial charge in [0, 0.05) is 53.5 Å². The molecule has 228 valence electrons. The van der Waals surface area contributed by atoms with E-state index in [9.17, 15) is 0 Å². The van der Waals surface area contributed by atoms with Crippen LogP contribution in [0.2, 0.25) is 0 Å². The van der Waals surface area contributed by atoms with Gasteiger partial charge in [-0.15, -0.1) is 11.3 Å². The van der Waals surface area contributed by atoms with Crippen molar-refractivity contribution in [3.05, 3.63) is 138 Å². The van der Waals surface area contributed by atoms with Crippen LogP contribution in [0.3, 0.4) is 0 Å². The molecule has 0 bridgehead atoms. The molecule has 0 aliphatic heterocycles. The van der Waals surface area contributed by atoms with E-state index in [1.54, 1.807) is 11.3 Å². The van der Waals surface area contributed by atoms with Crippen molar-refractivity contribution in [2.24, 2.45) is 0 Å². The van der Waals surface area contributed by atoms with E-state index in [-0.39, 0.29) is 0 Å². The highest BCUT2D eigenvalue weighted by Gasteiger charge is 2.25. The van der Waals surface area contributed by atoms with Gasteiger partial charge in [-0.1, -0.05) is 115 Å². The molecule has 0 atom stereocenters. The van der Waals surface area contributed by atoms with Gasteiger partial charge in [0.1, 0.15) is 4.83 Å². The number of nitrogens with zero attached hydrogens (tertiary/aromatic N) is 4. The number of fused-ring (bicyclic) bond motifs is 15. The molecule has 1 aliphatic carbocycles. The number of benzene rings is 6. The van der Waals surface area contributed by atoms with Gasteiger partial charge in [-0.25, -0.2) is 9.97 Å². The zero-order valence-electron chi connectivity index (χ0n) is 26.3. The van der Waals surface area contributed by atoms with Crippen molar-refractivity contribution in [3.63, 3.8) is 0 Å². The van der Waals surface area contributed by atoms with Gasteiger partial charge >= 0.3 is 0 Å². The average molecular weight is 643 g/mol. The lowest BCUT2D eigenvalue weighted by Gasteiger charge is -2.13. The largest absolute Gasteiger partial charge is 0.307 e. The van der Waals surface area contributed by atoms with Crippen LogP contribution in [0.25, 0.3) is 104 Å². The lowest BCUT2D eigenvalue weighted by molar-refractivity contribution is 0.996. The quantitative estimate of drug-likeness (QED) is 0.188. The van der Waals surface area contributed by atoms with Crippen LogP contribution < -0.4 is 0 Å². The average Bonchev–Trinajstić information content (AvgIpc) is 3.90. The fourth-order valence-corrected chi connectivity index (χ4v) is 9.89. The molecule has 0 N–H and O–H groups in total. The first-order valence-electron chi connectivity index (χ1n) is 16.9. The number of rotatable bonds is 2. The molecule has 0 radical (unpaired) electrons. The third-order valence-electron chi connectivity index (χ3n) is 10.7. The van der Waals surface area contributed by atoms with E-state index < -0.39 is 0 Å². The summed E-state index contributed by atoms with van der Waals surface area (Å²) in [5, 5.41) is 11.2. The van der Waals surface area contributed by atoms with Crippen LogP contribution >= 0.6 is 11.3 Å². The minimum Gasteiger partial charge on any atom is -0.307 e. The maximum atomic E-state index is 5.54. The number of thiophene rings is 1. The Bertz CT molecular complexity index is 3210. The minimum atomic E-state index is 0.711. The predicted molar refractivity (Wildman–Crippen MR) is 207 cm³/mol. The van der Waals surface area contributed by atoms with Crippen molar-refractivity contribution in [2.45, 2.75) is 12.8 Å². The highest BCUT2D eigenvalue weighted by Crippen LogP contribution is 2.46. The normalized spacial score (nSPS) is 13.5. The van der Waals surface area contributed by atoms with Crippen LogP contribution in [0.15, 0.2) is 127 Å². The summed E-state index contributed by atoms with van der Waals surface area (Å²) < 4.78 is 4.86. The summed E-state index contributed by atoms with van der Waals surface area (Å²) in [4.78, 5) is 13.3. The van der Waals surface area contributed by atoms with E-state index in [0.717, 1.165) is 40.0 Å². The monoisotopic (exact) mass is 642 g/mol. The molecule has 5 aromatic heterocycles. The van der Waals surface area contributed by atoms with Gasteiger partial charge in [0.2, 0.25) is 5.95 Å². The first-order valence-corrected chi connectivity index (χ1v) is 17.7. The topological polar surface area (TPSA) is 35.1 Å². The van der Waals surface area contributed by atoms with Crippen LogP contribution in [-0.4, -0.2) is 18.9 Å². The lowest BCUT2D eigenvalue weighted by Crippen LogP contribution is -2.04. The summed E-state index contributed by atoms with van der Waals surface area (Å²) in [5.41, 5.74) is 9.52. The SMILES string of the molecule is C1=Cc2sc3nc(-n4c5ccccc5c5ccc6ccc7c8cccc9c%10ccccc%10n(c98)c7c6c54)nc(-c4ccccc4)c3c2CC1. The van der Waals surface area contributed by atoms with Gasteiger partial charge in [0.25, 0.3) is 0 Å². The molecule has 0 unspecified atom stereocenters. The molecule has 5 heteroatoms. The summed E-state index contributed by atoms with van der Waals surface area (Å²) in [5.74, 6) is 0.711. The Morgan fingerprint density at radius 2 is 1.22 bits per heavy atom. The summed E-state index contributed by atoms with van der Waals surface area (Å²) in [6.45, 7) is 0. The third-order valence-corrected chi connectivity index (χ3v) is 11.8. The van der Waals surface area contributed by atoms with Crippen molar-refractivity contribution >= 4 is 98.3 Å². The van der Waals surface area contributed by atoms with E-state index in [4.69, 9.17) is 9.97 Å². The minimum absolute atomic E-state index is 0.711. The highest BCUT2D eigenvalue weighted by atomic mass is 32.1. The summed E-state index contributed by atoms with van der Waals surface area (Å²) in [6, 6.07) is 44.2. The Labute approximate surface area is 284 Å². The molecule has 0 spiro atoms. The summed E-state index contributed by atoms with van der Waals surface area (Å²) in [6.07, 6.45) is 6.62. The van der Waals surface area contributed by atoms with Gasteiger partial charge in [-0.05, 0) is 42.0 Å². The van der Waals surface area contributed by atoms with Crippen LogP contribution in [-0.2, 0) is 6.42 Å². The second-order valence-electron chi connectivity index (χ2n) is 13.2. The molecule has 0 saturated carbocycles. The molecule has 12 rings (SSSR count). The summed E-state index contributed by atoms with van der Waals surface area (Å²) in [7, 11) is 0. The van der Waals surface area contributed by atoms with Crippen molar-refractivity contribution in [1.29, 1.82) is 0 Å². The Morgan fingerprint density at radius 1 is 0.551 bits per heavy atom. The molecule has 11 aromatic rings. The fourth-order valence-electron chi connectivity index (χ4n) is 8.74. The van der Waals surface area contributed by atoms with E-state index in [0.29, 0.717) is 5.95 Å². The van der Waals surface area contributed by atoms with Crippen molar-refractivity contribution in [3.8, 4) is 17.2 Å². The van der Waals surface area contributed by atoms with Gasteiger partial charge in [0.15, 0.2) is 0 Å². The van der Waals surface area contributed by atoms with Crippen molar-refractivity contribution < 1.29 is 0 Å². The van der Waals surface area contributed by atoms with Gasteiger partial charge < -0.3 is 4.40 Å². The molecule has 1 aliphatic rings. The maximum Gasteiger partial charge on any atom is 0.236 e. The molecule has 6 aromatic carbocycles. The Kier molecular flexibility index (Phi) is 4.94. The second-order valence-corrected chi connectivity index (χ2v) is 14.3. The first-order chi connectivity index (χ1) is 24.3. The highest BCUT2D eigenvalue weighted by molar-refractivity contribution is 7.19. The van der Waals surface area contributed by atoms with E-state index in [2.05, 4.69) is 142 Å². The third kappa shape index (κ3) is 3.28. The van der Waals surface area contributed by atoms with Gasteiger partial charge in [-0.2, -0.15) is 0 Å². The molecular weight excluding hydrogens is 617 g/mol. The van der Waals surface area contributed by atoms with E-state index >= 15 is 0 Å². The summed E-state index contributed by atoms with van der Waals surface area (Å²) >= 11 is 1.79. The number of allylic oxidation sites excluding steroid dienone is 1. The number of para-hydroxylation sites is 3. The Balaban J connectivity index is 1.32. The van der Waals surface area contributed by atoms with Gasteiger partial charge in [0.05, 0.1) is 33.3 Å². The van der Waals surface area contributed by atoms with Crippen LogP contribution in [0, 0.1) is 0 Å². The van der Waals surface area contributed by atoms with Crippen molar-refractivity contribution in [2.75, 3.05) is 0 Å². The maximum absolute atomic E-state index is 5.54. The van der Waals surface area contributed by atoms with Crippen LogP contribution in [0.5, 0.6) is 0 Å². The molecule has 0 amide bonds. The smallest absolute Gasteiger partial charge is 0.236 e. The Hall–Kier alpha value is -6.04. The number of aromatic nitrogens is 4. The predicted octanol–water partition coefficient (Wildman–Crippen LogP) is 11.7. The van der Waals surface area contributed by atoms with Crippen LogP contribution in [0.4, 0.5) is 0 Å². The number of aryl methyl sites for hydroxylation is 1. The molecule has 5 heterocycles. The molecule has 0 saturated heterocycles. The number of hydrogen-bond donors (Lipinski definition) is 0. The van der Waals surface area contributed by atoms with E-state index in [1.807, 2.05) is 0 Å². The molecular formula is C44H26N4S. The van der Waals surface area contributed by atoms with Crippen molar-refractivity contribution in [1.82, 2.24) is 18.9 Å².